The van der Waals surface area contributed by atoms with Gasteiger partial charge in [0.2, 0.25) is 5.91 Å². The lowest BCUT2D eigenvalue weighted by Gasteiger charge is -2.19. The van der Waals surface area contributed by atoms with Gasteiger partial charge in [-0.3, -0.25) is 18.7 Å². The van der Waals surface area contributed by atoms with E-state index in [1.54, 1.807) is 14.0 Å². The molecule has 0 saturated carbocycles. The van der Waals surface area contributed by atoms with E-state index in [9.17, 15) is 14.4 Å². The van der Waals surface area contributed by atoms with E-state index in [4.69, 9.17) is 5.11 Å². The van der Waals surface area contributed by atoms with Crippen LogP contribution < -0.4 is 11.2 Å². The maximum atomic E-state index is 11.8. The van der Waals surface area contributed by atoms with Crippen LogP contribution in [-0.2, 0) is 18.4 Å². The summed E-state index contributed by atoms with van der Waals surface area (Å²) in [7, 11) is 2.90. The van der Waals surface area contributed by atoms with Crippen LogP contribution in [0.1, 0.15) is 6.92 Å². The molecule has 100 valence electrons. The summed E-state index contributed by atoms with van der Waals surface area (Å²) in [4.78, 5) is 36.0. The number of amides is 1. The number of likely N-dealkylation sites (N-methyl/N-ethyl adjacent to an activating group) is 1. The Morgan fingerprint density at radius 1 is 1.50 bits per heavy atom. The quantitative estimate of drug-likeness (QED) is 0.701. The number of carbonyl (C=O) groups is 1. The molecule has 1 aromatic rings. The molecule has 18 heavy (non-hydrogen) atoms. The van der Waals surface area contributed by atoms with Gasteiger partial charge in [-0.25, -0.2) is 4.79 Å². The van der Waals surface area contributed by atoms with E-state index in [2.05, 4.69) is 0 Å². The van der Waals surface area contributed by atoms with Crippen molar-refractivity contribution in [3.63, 3.8) is 0 Å². The molecule has 1 atom stereocenters. The van der Waals surface area contributed by atoms with Gasteiger partial charge in [-0.1, -0.05) is 0 Å². The van der Waals surface area contributed by atoms with Crippen molar-refractivity contribution in [2.75, 3.05) is 13.6 Å². The number of nitrogens with zero attached hydrogens (tertiary/aromatic N) is 3. The highest BCUT2D eigenvalue weighted by atomic mass is 16.3. The third kappa shape index (κ3) is 3.30. The van der Waals surface area contributed by atoms with Gasteiger partial charge in [-0.2, -0.15) is 0 Å². The van der Waals surface area contributed by atoms with Gasteiger partial charge in [0, 0.05) is 32.9 Å². The summed E-state index contributed by atoms with van der Waals surface area (Å²) < 4.78 is 2.09. The van der Waals surface area contributed by atoms with Crippen LogP contribution in [-0.4, -0.2) is 44.7 Å². The lowest BCUT2D eigenvalue weighted by Crippen LogP contribution is -2.41. The van der Waals surface area contributed by atoms with E-state index >= 15 is 0 Å². The van der Waals surface area contributed by atoms with Crippen LogP contribution >= 0.6 is 0 Å². The molecule has 0 aromatic carbocycles. The van der Waals surface area contributed by atoms with Gasteiger partial charge >= 0.3 is 5.69 Å². The number of aliphatic hydroxyl groups excluding tert-OH is 1. The maximum Gasteiger partial charge on any atom is 0.331 e. The van der Waals surface area contributed by atoms with Gasteiger partial charge in [0.05, 0.1) is 6.10 Å². The lowest BCUT2D eigenvalue weighted by atomic mass is 10.3. The lowest BCUT2D eigenvalue weighted by molar-refractivity contribution is -0.131. The van der Waals surface area contributed by atoms with Crippen LogP contribution in [0.4, 0.5) is 0 Å². The van der Waals surface area contributed by atoms with Crippen LogP contribution in [0.25, 0.3) is 0 Å². The molecule has 1 N–H and O–H groups in total. The second-order valence-corrected chi connectivity index (χ2v) is 4.25. The van der Waals surface area contributed by atoms with Crippen LogP contribution in [0, 0.1) is 0 Å². The van der Waals surface area contributed by atoms with Crippen molar-refractivity contribution in [2.24, 2.45) is 7.05 Å². The minimum absolute atomic E-state index is 0.157. The van der Waals surface area contributed by atoms with Gasteiger partial charge in [0.25, 0.3) is 5.56 Å². The Hall–Kier alpha value is -1.89. The number of aliphatic hydroxyl groups is 1. The fourth-order valence-electron chi connectivity index (χ4n) is 1.50. The Morgan fingerprint density at radius 2 is 2.11 bits per heavy atom. The highest BCUT2D eigenvalue weighted by Crippen LogP contribution is 1.91. The van der Waals surface area contributed by atoms with Crippen molar-refractivity contribution < 1.29 is 9.90 Å². The Morgan fingerprint density at radius 3 is 2.67 bits per heavy atom. The zero-order valence-electron chi connectivity index (χ0n) is 10.7. The molecule has 0 aliphatic rings. The average Bonchev–Trinajstić information content (AvgIpc) is 2.29. The predicted octanol–water partition coefficient (Wildman–Crippen LogP) is -1.61. The summed E-state index contributed by atoms with van der Waals surface area (Å²) in [6.45, 7) is 1.61. The van der Waals surface area contributed by atoms with Crippen LogP contribution in [0.2, 0.25) is 0 Å². The number of rotatable bonds is 4. The van der Waals surface area contributed by atoms with Gasteiger partial charge in [0.15, 0.2) is 0 Å². The molecule has 0 fully saturated rings. The van der Waals surface area contributed by atoms with Gasteiger partial charge in [-0.15, -0.1) is 0 Å². The van der Waals surface area contributed by atoms with E-state index < -0.39 is 17.4 Å². The summed E-state index contributed by atoms with van der Waals surface area (Å²) in [5, 5.41) is 9.16. The number of hydrogen-bond acceptors (Lipinski definition) is 4. The first-order valence-electron chi connectivity index (χ1n) is 5.51. The van der Waals surface area contributed by atoms with E-state index in [1.165, 1.54) is 24.2 Å². The monoisotopic (exact) mass is 255 g/mol. The molecule has 0 aliphatic heterocycles. The normalized spacial score (nSPS) is 12.2. The third-order valence-corrected chi connectivity index (χ3v) is 2.53. The Bertz CT molecular complexity index is 544. The molecule has 0 spiro atoms. The second-order valence-electron chi connectivity index (χ2n) is 4.25. The zero-order valence-corrected chi connectivity index (χ0v) is 10.7. The summed E-state index contributed by atoms with van der Waals surface area (Å²) in [6, 6.07) is 1.23. The van der Waals surface area contributed by atoms with Crippen molar-refractivity contribution in [3.05, 3.63) is 33.1 Å². The third-order valence-electron chi connectivity index (χ3n) is 2.53. The largest absolute Gasteiger partial charge is 0.392 e. The zero-order chi connectivity index (χ0) is 13.9. The molecule has 0 saturated heterocycles. The molecule has 0 aliphatic carbocycles. The first-order chi connectivity index (χ1) is 8.32. The van der Waals surface area contributed by atoms with Gasteiger partial charge in [-0.05, 0) is 6.92 Å². The standard InChI is InChI=1S/C11H17N3O4/c1-8(15)6-12(2)10(17)7-14-5-4-9(16)13(3)11(14)18/h4-5,8,15H,6-7H2,1-3H3. The van der Waals surface area contributed by atoms with Gasteiger partial charge in [0.1, 0.15) is 6.54 Å². The molecule has 1 aromatic heterocycles. The molecule has 0 radical (unpaired) electrons. The Labute approximate surface area is 104 Å². The van der Waals surface area contributed by atoms with Crippen LogP contribution in [0.15, 0.2) is 21.9 Å². The van der Waals surface area contributed by atoms with Crippen molar-refractivity contribution in [1.82, 2.24) is 14.0 Å². The molecular weight excluding hydrogens is 238 g/mol. The van der Waals surface area contributed by atoms with Crippen LogP contribution in [0.5, 0.6) is 0 Å². The van der Waals surface area contributed by atoms with Crippen molar-refractivity contribution >= 4 is 5.91 Å². The van der Waals surface area contributed by atoms with Crippen molar-refractivity contribution in [2.45, 2.75) is 19.6 Å². The number of hydrogen-bond donors (Lipinski definition) is 1. The SMILES string of the molecule is CC(O)CN(C)C(=O)Cn1ccc(=O)n(C)c1=O. The first kappa shape index (κ1) is 14.2. The molecule has 1 rings (SSSR count). The van der Waals surface area contributed by atoms with Crippen LogP contribution in [0.3, 0.4) is 0 Å². The number of carbonyl (C=O) groups excluding carboxylic acids is 1. The van der Waals surface area contributed by atoms with E-state index in [0.29, 0.717) is 0 Å². The minimum Gasteiger partial charge on any atom is -0.392 e. The topological polar surface area (TPSA) is 84.5 Å². The first-order valence-corrected chi connectivity index (χ1v) is 5.51. The molecule has 1 heterocycles. The second kappa shape index (κ2) is 5.63. The van der Waals surface area contributed by atoms with E-state index in [1.807, 2.05) is 0 Å². The molecule has 1 amide bonds. The summed E-state index contributed by atoms with van der Waals surface area (Å²) in [5.74, 6) is -0.309. The fraction of sp³-hybridized carbons (Fsp3) is 0.545. The Balaban J connectivity index is 2.86. The smallest absolute Gasteiger partial charge is 0.331 e. The fourth-order valence-corrected chi connectivity index (χ4v) is 1.50. The van der Waals surface area contributed by atoms with Gasteiger partial charge < -0.3 is 10.0 Å². The Kier molecular flexibility index (Phi) is 4.43. The summed E-state index contributed by atoms with van der Waals surface area (Å²) in [5.41, 5.74) is -0.956. The minimum atomic E-state index is -0.629. The molecule has 7 nitrogen and oxygen atoms in total. The summed E-state index contributed by atoms with van der Waals surface area (Å²) >= 11 is 0. The van der Waals surface area contributed by atoms with Crippen molar-refractivity contribution in [1.29, 1.82) is 0 Å². The van der Waals surface area contributed by atoms with Crippen molar-refractivity contribution in [3.8, 4) is 0 Å². The van der Waals surface area contributed by atoms with E-state index in [0.717, 1.165) is 9.13 Å². The molecule has 0 bridgehead atoms. The molecule has 1 unspecified atom stereocenters. The number of aromatic nitrogens is 2. The average molecular weight is 255 g/mol. The molecular formula is C11H17N3O4. The highest BCUT2D eigenvalue weighted by Gasteiger charge is 2.12. The van der Waals surface area contributed by atoms with E-state index in [-0.39, 0.29) is 19.0 Å². The molecule has 7 heteroatoms. The maximum absolute atomic E-state index is 11.8. The predicted molar refractivity (Wildman–Crippen MR) is 65.3 cm³/mol. The summed E-state index contributed by atoms with van der Waals surface area (Å²) in [6.07, 6.45) is 0.662. The highest BCUT2D eigenvalue weighted by molar-refractivity contribution is 5.75.